The second-order valence-electron chi connectivity index (χ2n) is 10.8. The van der Waals surface area contributed by atoms with Crippen molar-refractivity contribution in [2.45, 2.75) is 95.5 Å². The molecule has 1 saturated carbocycles. The van der Waals surface area contributed by atoms with Crippen LogP contribution in [0.15, 0.2) is 30.3 Å². The summed E-state index contributed by atoms with van der Waals surface area (Å²) in [5.74, 6) is -0.446. The number of benzene rings is 1. The summed E-state index contributed by atoms with van der Waals surface area (Å²) in [6, 6.07) is 8.94. The van der Waals surface area contributed by atoms with Crippen molar-refractivity contribution in [3.63, 3.8) is 0 Å². The van der Waals surface area contributed by atoms with Gasteiger partial charge in [0.2, 0.25) is 0 Å². The van der Waals surface area contributed by atoms with Crippen LogP contribution >= 0.6 is 0 Å². The maximum atomic E-state index is 13.1. The summed E-state index contributed by atoms with van der Waals surface area (Å²) in [7, 11) is 0. The summed E-state index contributed by atoms with van der Waals surface area (Å²) in [5.41, 5.74) is 0.313. The lowest BCUT2D eigenvalue weighted by molar-refractivity contribution is -0.193. The Balaban J connectivity index is 1.38. The number of nitrogens with one attached hydrogen (secondary N) is 1. The quantitative estimate of drug-likeness (QED) is 0.614. The van der Waals surface area contributed by atoms with Crippen molar-refractivity contribution in [1.29, 1.82) is 0 Å². The number of carbonyl (C=O) groups is 2. The zero-order valence-electron chi connectivity index (χ0n) is 21.7. The minimum Gasteiger partial charge on any atom is -0.445 e. The smallest absolute Gasteiger partial charge is 0.410 e. The highest BCUT2D eigenvalue weighted by molar-refractivity contribution is 5.70. The van der Waals surface area contributed by atoms with Gasteiger partial charge in [-0.2, -0.15) is 0 Å². The van der Waals surface area contributed by atoms with Gasteiger partial charge in [-0.3, -0.25) is 0 Å². The van der Waals surface area contributed by atoms with Crippen LogP contribution in [0.5, 0.6) is 0 Å². The average molecular weight is 505 g/mol. The number of hydrogen-bond donors (Lipinski definition) is 1. The fourth-order valence-electron chi connectivity index (χ4n) is 5.14. The third-order valence-electron chi connectivity index (χ3n) is 6.93. The molecule has 3 fully saturated rings. The third-order valence-corrected chi connectivity index (χ3v) is 6.93. The van der Waals surface area contributed by atoms with E-state index in [1.165, 1.54) is 0 Å². The minimum absolute atomic E-state index is 0.0507. The molecule has 1 spiro atoms. The molecule has 1 aromatic rings. The Morgan fingerprint density at radius 2 is 1.78 bits per heavy atom. The lowest BCUT2D eigenvalue weighted by Gasteiger charge is -2.42. The van der Waals surface area contributed by atoms with E-state index in [9.17, 15) is 9.59 Å². The highest BCUT2D eigenvalue weighted by Crippen LogP contribution is 2.37. The molecule has 9 heteroatoms. The summed E-state index contributed by atoms with van der Waals surface area (Å²) in [5, 5.41) is 2.98. The number of alkyl carbamates (subject to hydrolysis) is 1. The summed E-state index contributed by atoms with van der Waals surface area (Å²) in [6.07, 6.45) is 3.88. The minimum atomic E-state index is -0.610. The van der Waals surface area contributed by atoms with Gasteiger partial charge in [-0.05, 0) is 52.0 Å². The molecule has 3 aliphatic rings. The van der Waals surface area contributed by atoms with Crippen molar-refractivity contribution >= 4 is 12.2 Å². The number of amides is 2. The highest BCUT2D eigenvalue weighted by Gasteiger charge is 2.42. The molecule has 4 rings (SSSR count). The number of hydrogen-bond acceptors (Lipinski definition) is 7. The van der Waals surface area contributed by atoms with Crippen LogP contribution < -0.4 is 5.32 Å². The van der Waals surface area contributed by atoms with Crippen LogP contribution in [0, 0.1) is 0 Å². The van der Waals surface area contributed by atoms with Gasteiger partial charge in [0.1, 0.15) is 12.2 Å². The molecule has 2 unspecified atom stereocenters. The number of nitrogens with zero attached hydrogens (tertiary/aromatic N) is 1. The summed E-state index contributed by atoms with van der Waals surface area (Å²) >= 11 is 0. The van der Waals surface area contributed by atoms with Crippen LogP contribution in [0.25, 0.3) is 0 Å². The van der Waals surface area contributed by atoms with Gasteiger partial charge >= 0.3 is 12.2 Å². The van der Waals surface area contributed by atoms with E-state index in [2.05, 4.69) is 5.32 Å². The van der Waals surface area contributed by atoms with E-state index in [-0.39, 0.29) is 24.8 Å². The van der Waals surface area contributed by atoms with Crippen LogP contribution in [-0.2, 0) is 30.3 Å². The van der Waals surface area contributed by atoms with Crippen molar-refractivity contribution in [3.05, 3.63) is 35.9 Å². The van der Waals surface area contributed by atoms with Gasteiger partial charge in [0.15, 0.2) is 5.79 Å². The molecule has 1 aromatic carbocycles. The molecule has 36 heavy (non-hydrogen) atoms. The van der Waals surface area contributed by atoms with Crippen molar-refractivity contribution in [1.82, 2.24) is 10.2 Å². The van der Waals surface area contributed by atoms with Crippen molar-refractivity contribution < 1.29 is 33.3 Å². The molecule has 0 radical (unpaired) electrons. The van der Waals surface area contributed by atoms with Gasteiger partial charge in [-0.25, -0.2) is 9.59 Å². The summed E-state index contributed by atoms with van der Waals surface area (Å²) in [6.45, 7) is 7.82. The number of likely N-dealkylation sites (tertiary alicyclic amines) is 1. The molecule has 2 heterocycles. The van der Waals surface area contributed by atoms with Crippen LogP contribution in [-0.4, -0.2) is 73.0 Å². The van der Waals surface area contributed by atoms with Crippen molar-refractivity contribution in [3.8, 4) is 0 Å². The predicted octanol–water partition coefficient (Wildman–Crippen LogP) is 4.38. The Kier molecular flexibility index (Phi) is 8.74. The number of carbonyl (C=O) groups excluding carboxylic acids is 2. The molecule has 2 atom stereocenters. The number of piperidine rings is 1. The Morgan fingerprint density at radius 3 is 2.44 bits per heavy atom. The SMILES string of the molecule is CC(C)(C)OC(=O)NC1CCCN(C(=O)OCc2ccccc2)C1COC1CCC2(CC1)OCCO2. The lowest BCUT2D eigenvalue weighted by Crippen LogP contribution is -2.59. The van der Waals surface area contributed by atoms with Crippen LogP contribution in [0.3, 0.4) is 0 Å². The molecule has 1 aliphatic carbocycles. The topological polar surface area (TPSA) is 95.6 Å². The van der Waals surface area contributed by atoms with E-state index in [0.29, 0.717) is 26.4 Å². The first-order chi connectivity index (χ1) is 17.2. The van der Waals surface area contributed by atoms with Gasteiger partial charge in [-0.1, -0.05) is 30.3 Å². The van der Waals surface area contributed by atoms with E-state index < -0.39 is 23.6 Å². The molecule has 9 nitrogen and oxygen atoms in total. The largest absolute Gasteiger partial charge is 0.445 e. The number of ether oxygens (including phenoxy) is 5. The third kappa shape index (κ3) is 7.33. The average Bonchev–Trinajstić information content (AvgIpc) is 3.30. The van der Waals surface area contributed by atoms with Gasteiger partial charge in [0.05, 0.1) is 38.0 Å². The highest BCUT2D eigenvalue weighted by atomic mass is 16.7. The molecule has 200 valence electrons. The van der Waals surface area contributed by atoms with Crippen LogP contribution in [0.1, 0.15) is 64.9 Å². The van der Waals surface area contributed by atoms with Crippen LogP contribution in [0.4, 0.5) is 9.59 Å². The molecule has 0 bridgehead atoms. The Hall–Kier alpha value is -2.36. The standard InChI is InChI=1S/C27H40N2O7/c1-26(2,3)36-24(30)28-22-10-7-15-29(25(31)33-18-20-8-5-4-6-9-20)23(22)19-32-21-11-13-27(14-12-21)34-16-17-35-27/h4-6,8-9,21-23H,7,10-19H2,1-3H3,(H,28,30). The molecule has 1 N–H and O–H groups in total. The van der Waals surface area contributed by atoms with Crippen molar-refractivity contribution in [2.75, 3.05) is 26.4 Å². The molecular formula is C27H40N2O7. The first kappa shape index (κ1) is 26.7. The lowest BCUT2D eigenvalue weighted by atomic mass is 9.91. The maximum absolute atomic E-state index is 13.1. The van der Waals surface area contributed by atoms with Gasteiger partial charge < -0.3 is 33.9 Å². The van der Waals surface area contributed by atoms with Gasteiger partial charge in [-0.15, -0.1) is 0 Å². The Labute approximate surface area is 213 Å². The summed E-state index contributed by atoms with van der Waals surface area (Å²) < 4.78 is 29.1. The maximum Gasteiger partial charge on any atom is 0.410 e. The summed E-state index contributed by atoms with van der Waals surface area (Å²) in [4.78, 5) is 27.4. The van der Waals surface area contributed by atoms with E-state index in [1.54, 1.807) is 4.90 Å². The zero-order valence-corrected chi connectivity index (χ0v) is 21.7. The molecule has 2 aliphatic heterocycles. The van der Waals surface area contributed by atoms with E-state index in [0.717, 1.165) is 44.1 Å². The number of rotatable bonds is 6. The second-order valence-corrected chi connectivity index (χ2v) is 10.8. The monoisotopic (exact) mass is 504 g/mol. The fourth-order valence-corrected chi connectivity index (χ4v) is 5.14. The fraction of sp³-hybridized carbons (Fsp3) is 0.704. The van der Waals surface area contributed by atoms with Gasteiger partial charge in [0, 0.05) is 19.4 Å². The van der Waals surface area contributed by atoms with E-state index in [4.69, 9.17) is 23.7 Å². The predicted molar refractivity (Wildman–Crippen MR) is 132 cm³/mol. The molecule has 0 aromatic heterocycles. The zero-order chi connectivity index (χ0) is 25.6. The van der Waals surface area contributed by atoms with Crippen LogP contribution in [0.2, 0.25) is 0 Å². The van der Waals surface area contributed by atoms with E-state index >= 15 is 0 Å². The molecule has 2 saturated heterocycles. The normalized spacial score (nSPS) is 24.5. The molecular weight excluding hydrogens is 464 g/mol. The van der Waals surface area contributed by atoms with E-state index in [1.807, 2.05) is 51.1 Å². The van der Waals surface area contributed by atoms with Gasteiger partial charge in [0.25, 0.3) is 0 Å². The molecule has 2 amide bonds. The second kappa shape index (κ2) is 11.8. The first-order valence-corrected chi connectivity index (χ1v) is 13.1. The Bertz CT molecular complexity index is 857. The van der Waals surface area contributed by atoms with Crippen molar-refractivity contribution in [2.24, 2.45) is 0 Å². The Morgan fingerprint density at radius 1 is 1.08 bits per heavy atom. The first-order valence-electron chi connectivity index (χ1n) is 13.1.